The highest BCUT2D eigenvalue weighted by molar-refractivity contribution is 5.15. The van der Waals surface area contributed by atoms with E-state index in [0.29, 0.717) is 5.41 Å². The summed E-state index contributed by atoms with van der Waals surface area (Å²) >= 11 is 0. The van der Waals surface area contributed by atoms with Gasteiger partial charge in [-0.2, -0.15) is 0 Å². The normalized spacial score (nSPS) is 26.4. The number of hydrogen-bond donors (Lipinski definition) is 0. The van der Waals surface area contributed by atoms with Crippen molar-refractivity contribution in [3.63, 3.8) is 0 Å². The average Bonchev–Trinajstić information content (AvgIpc) is 2.54. The predicted molar refractivity (Wildman–Crippen MR) is 54.7 cm³/mol. The second-order valence-corrected chi connectivity index (χ2v) is 4.66. The van der Waals surface area contributed by atoms with Crippen molar-refractivity contribution in [1.29, 1.82) is 0 Å². The fraction of sp³-hybridized carbons (Fsp3) is 0.833. The molecule has 0 aromatic heterocycles. The molecule has 0 unspecified atom stereocenters. The third-order valence-corrected chi connectivity index (χ3v) is 3.61. The van der Waals surface area contributed by atoms with Crippen molar-refractivity contribution in [2.24, 2.45) is 5.41 Å². The molecule has 0 radical (unpaired) electrons. The maximum atomic E-state index is 5.22. The lowest BCUT2D eigenvalue weighted by Crippen LogP contribution is -2.18. The topological polar surface area (TPSA) is 9.23 Å². The van der Waals surface area contributed by atoms with Crippen molar-refractivity contribution >= 4 is 0 Å². The van der Waals surface area contributed by atoms with Gasteiger partial charge in [0.15, 0.2) is 0 Å². The molecule has 0 amide bonds. The highest BCUT2D eigenvalue weighted by Gasteiger charge is 2.33. The number of allylic oxidation sites excluding steroid dienone is 1. The van der Waals surface area contributed by atoms with E-state index in [1.54, 1.807) is 12.7 Å². The first-order valence-electron chi connectivity index (χ1n) is 5.54. The van der Waals surface area contributed by atoms with Gasteiger partial charge in [-0.1, -0.05) is 18.9 Å². The van der Waals surface area contributed by atoms with Crippen LogP contribution in [0.25, 0.3) is 0 Å². The summed E-state index contributed by atoms with van der Waals surface area (Å²) < 4.78 is 5.22. The van der Waals surface area contributed by atoms with Crippen molar-refractivity contribution in [1.82, 2.24) is 0 Å². The van der Waals surface area contributed by atoms with E-state index in [4.69, 9.17) is 4.74 Å². The van der Waals surface area contributed by atoms with Gasteiger partial charge in [0.25, 0.3) is 0 Å². The lowest BCUT2D eigenvalue weighted by molar-refractivity contribution is 0.213. The lowest BCUT2D eigenvalue weighted by Gasteiger charge is -2.31. The quantitative estimate of drug-likeness (QED) is 0.592. The molecule has 1 fully saturated rings. The minimum absolute atomic E-state index is 0.603. The predicted octanol–water partition coefficient (Wildman–Crippen LogP) is 3.30. The molecule has 0 aliphatic heterocycles. The van der Waals surface area contributed by atoms with Gasteiger partial charge < -0.3 is 4.74 Å². The van der Waals surface area contributed by atoms with E-state index in [-0.39, 0.29) is 0 Å². The van der Waals surface area contributed by atoms with Crippen molar-refractivity contribution in [2.45, 2.75) is 44.9 Å². The Hall–Kier alpha value is -0.300. The number of ether oxygens (including phenoxy) is 1. The summed E-state index contributed by atoms with van der Waals surface area (Å²) in [6, 6.07) is 0. The Bertz CT molecular complexity index is 199. The van der Waals surface area contributed by atoms with Crippen LogP contribution in [0, 0.1) is 5.41 Å². The molecule has 0 aromatic rings. The molecule has 2 rings (SSSR count). The van der Waals surface area contributed by atoms with Gasteiger partial charge in [-0.15, -0.1) is 0 Å². The van der Waals surface area contributed by atoms with Gasteiger partial charge >= 0.3 is 0 Å². The Morgan fingerprint density at radius 3 is 2.62 bits per heavy atom. The molecule has 0 aromatic carbocycles. The number of hydrogen-bond acceptors (Lipinski definition) is 1. The van der Waals surface area contributed by atoms with Crippen LogP contribution in [0.2, 0.25) is 0 Å². The molecular weight excluding hydrogens is 160 g/mol. The monoisotopic (exact) mass is 180 g/mol. The summed E-state index contributed by atoms with van der Waals surface area (Å²) in [5.41, 5.74) is 2.15. The van der Waals surface area contributed by atoms with Gasteiger partial charge in [0.2, 0.25) is 0 Å². The van der Waals surface area contributed by atoms with Crippen molar-refractivity contribution in [3.8, 4) is 0 Å². The Morgan fingerprint density at radius 1 is 1.23 bits per heavy atom. The van der Waals surface area contributed by atoms with Gasteiger partial charge in [0.05, 0.1) is 6.61 Å². The van der Waals surface area contributed by atoms with E-state index in [2.05, 4.69) is 6.08 Å². The smallest absolute Gasteiger partial charge is 0.0673 e. The highest BCUT2D eigenvalue weighted by atomic mass is 16.5. The zero-order valence-electron chi connectivity index (χ0n) is 8.64. The van der Waals surface area contributed by atoms with Gasteiger partial charge in [-0.05, 0) is 43.1 Å². The highest BCUT2D eigenvalue weighted by Crippen LogP contribution is 2.47. The lowest BCUT2D eigenvalue weighted by atomic mass is 9.75. The van der Waals surface area contributed by atoms with Crippen molar-refractivity contribution in [2.75, 3.05) is 13.7 Å². The molecule has 1 heteroatoms. The molecule has 1 saturated carbocycles. The molecule has 0 N–H and O–H groups in total. The van der Waals surface area contributed by atoms with Crippen molar-refractivity contribution < 1.29 is 4.74 Å². The van der Waals surface area contributed by atoms with Crippen LogP contribution < -0.4 is 0 Å². The van der Waals surface area contributed by atoms with Crippen molar-refractivity contribution in [3.05, 3.63) is 11.6 Å². The van der Waals surface area contributed by atoms with E-state index in [9.17, 15) is 0 Å². The summed E-state index contributed by atoms with van der Waals surface area (Å²) in [7, 11) is 1.80. The van der Waals surface area contributed by atoms with Crippen LogP contribution in [0.15, 0.2) is 11.6 Å². The zero-order valence-corrected chi connectivity index (χ0v) is 8.64. The standard InChI is InChI=1S/C12H20O/c1-13-10-11-5-4-8-12(9-11)6-2-3-7-12/h9H,2-8,10H2,1H3. The maximum absolute atomic E-state index is 5.22. The van der Waals surface area contributed by atoms with Gasteiger partial charge in [0.1, 0.15) is 0 Å². The molecule has 13 heavy (non-hydrogen) atoms. The average molecular weight is 180 g/mol. The molecule has 0 atom stereocenters. The molecule has 1 spiro atoms. The third-order valence-electron chi connectivity index (χ3n) is 3.61. The second kappa shape index (κ2) is 3.83. The fourth-order valence-corrected chi connectivity index (χ4v) is 3.02. The van der Waals surface area contributed by atoms with Crippen LogP contribution in [-0.4, -0.2) is 13.7 Å². The summed E-state index contributed by atoms with van der Waals surface area (Å²) in [5.74, 6) is 0. The fourth-order valence-electron chi connectivity index (χ4n) is 3.02. The largest absolute Gasteiger partial charge is 0.380 e. The maximum Gasteiger partial charge on any atom is 0.0673 e. The number of methoxy groups -OCH3 is 1. The SMILES string of the molecule is COCC1=CC2(CCCC2)CCC1. The van der Waals surface area contributed by atoms with E-state index in [0.717, 1.165) is 6.61 Å². The van der Waals surface area contributed by atoms with Gasteiger partial charge in [-0.25, -0.2) is 0 Å². The summed E-state index contributed by atoms with van der Waals surface area (Å²) in [6.45, 7) is 0.863. The Labute approximate surface area is 81.2 Å². The first-order valence-corrected chi connectivity index (χ1v) is 5.54. The van der Waals surface area contributed by atoms with Crippen LogP contribution in [0.1, 0.15) is 44.9 Å². The number of rotatable bonds is 2. The minimum Gasteiger partial charge on any atom is -0.380 e. The summed E-state index contributed by atoms with van der Waals surface area (Å²) in [6.07, 6.45) is 12.4. The first-order chi connectivity index (χ1) is 6.35. The van der Waals surface area contributed by atoms with Crippen LogP contribution >= 0.6 is 0 Å². The Balaban J connectivity index is 2.07. The summed E-state index contributed by atoms with van der Waals surface area (Å²) in [5, 5.41) is 0. The van der Waals surface area contributed by atoms with E-state index in [1.807, 2.05) is 0 Å². The molecule has 2 aliphatic rings. The van der Waals surface area contributed by atoms with Crippen LogP contribution in [0.4, 0.5) is 0 Å². The van der Waals surface area contributed by atoms with Gasteiger partial charge in [0, 0.05) is 7.11 Å². The van der Waals surface area contributed by atoms with E-state index < -0.39 is 0 Å². The molecule has 1 nitrogen and oxygen atoms in total. The molecule has 0 saturated heterocycles. The second-order valence-electron chi connectivity index (χ2n) is 4.66. The third kappa shape index (κ3) is 1.96. The Morgan fingerprint density at radius 2 is 1.92 bits per heavy atom. The van der Waals surface area contributed by atoms with Crippen LogP contribution in [-0.2, 0) is 4.74 Å². The zero-order chi connectivity index (χ0) is 9.15. The van der Waals surface area contributed by atoms with Gasteiger partial charge in [-0.3, -0.25) is 0 Å². The molecular formula is C12H20O. The van der Waals surface area contributed by atoms with E-state index >= 15 is 0 Å². The molecule has 0 heterocycles. The molecule has 74 valence electrons. The summed E-state index contributed by atoms with van der Waals surface area (Å²) in [4.78, 5) is 0. The van der Waals surface area contributed by atoms with Crippen LogP contribution in [0.3, 0.4) is 0 Å². The Kier molecular flexibility index (Phi) is 2.73. The molecule has 0 bridgehead atoms. The first kappa shape index (κ1) is 9.26. The van der Waals surface area contributed by atoms with E-state index in [1.165, 1.54) is 44.9 Å². The molecule has 2 aliphatic carbocycles. The van der Waals surface area contributed by atoms with Crippen LogP contribution in [0.5, 0.6) is 0 Å². The minimum atomic E-state index is 0.603.